The first kappa shape index (κ1) is 38.0. The third-order valence-corrected chi connectivity index (χ3v) is 13.7. The van der Waals surface area contributed by atoms with Crippen molar-refractivity contribution < 1.29 is 0 Å². The number of benzene rings is 8. The number of para-hydroxylation sites is 2. The van der Waals surface area contributed by atoms with Crippen LogP contribution < -0.4 is 4.90 Å². The van der Waals surface area contributed by atoms with Crippen molar-refractivity contribution in [1.29, 1.82) is 0 Å². The van der Waals surface area contributed by atoms with Crippen LogP contribution in [0.3, 0.4) is 0 Å². The van der Waals surface area contributed by atoms with E-state index in [1.165, 1.54) is 88.8 Å². The van der Waals surface area contributed by atoms with E-state index in [4.69, 9.17) is 0 Å². The molecule has 0 saturated heterocycles. The third-order valence-electron chi connectivity index (χ3n) is 13.7. The lowest BCUT2D eigenvalue weighted by molar-refractivity contribution is 0.587. The molecule has 0 bridgehead atoms. The van der Waals surface area contributed by atoms with Crippen molar-refractivity contribution in [3.63, 3.8) is 0 Å². The zero-order valence-corrected chi connectivity index (χ0v) is 36.6. The maximum atomic E-state index is 2.48. The highest BCUT2D eigenvalue weighted by Gasteiger charge is 2.51. The molecule has 0 fully saturated rings. The summed E-state index contributed by atoms with van der Waals surface area (Å²) in [5.41, 5.74) is 20.1. The maximum Gasteiger partial charge on any atom is 0.0716 e. The molecular weight excluding hydrogens is 723 g/mol. The topological polar surface area (TPSA) is 3.24 Å². The van der Waals surface area contributed by atoms with E-state index in [2.05, 4.69) is 237 Å². The molecule has 1 heteroatoms. The van der Waals surface area contributed by atoms with Crippen molar-refractivity contribution in [1.82, 2.24) is 0 Å². The maximum absolute atomic E-state index is 2.48. The Morgan fingerprint density at radius 2 is 0.933 bits per heavy atom. The Kier molecular flexibility index (Phi) is 8.51. The Balaban J connectivity index is 1.30. The van der Waals surface area contributed by atoms with Gasteiger partial charge in [0.25, 0.3) is 0 Å². The van der Waals surface area contributed by atoms with Crippen molar-refractivity contribution >= 4 is 27.8 Å². The molecule has 0 radical (unpaired) electrons. The fourth-order valence-corrected chi connectivity index (χ4v) is 10.7. The van der Waals surface area contributed by atoms with Gasteiger partial charge in [-0.2, -0.15) is 0 Å². The summed E-state index contributed by atoms with van der Waals surface area (Å²) in [7, 11) is 0. The molecule has 0 saturated carbocycles. The number of aryl methyl sites for hydroxylation is 1. The van der Waals surface area contributed by atoms with E-state index in [0.29, 0.717) is 0 Å². The van der Waals surface area contributed by atoms with Crippen LogP contribution in [0.25, 0.3) is 33.0 Å². The monoisotopic (exact) mass is 777 g/mol. The zero-order valence-electron chi connectivity index (χ0n) is 36.6. The van der Waals surface area contributed by atoms with Crippen LogP contribution in [0.4, 0.5) is 17.1 Å². The predicted octanol–water partition coefficient (Wildman–Crippen LogP) is 15.9. The molecule has 296 valence electrons. The van der Waals surface area contributed by atoms with Gasteiger partial charge in [-0.15, -0.1) is 0 Å². The second kappa shape index (κ2) is 13.4. The third kappa shape index (κ3) is 5.58. The van der Waals surface area contributed by atoms with E-state index in [-0.39, 0.29) is 16.2 Å². The van der Waals surface area contributed by atoms with Gasteiger partial charge in [0.2, 0.25) is 0 Å². The molecule has 0 amide bonds. The molecular formula is C59H55N. The first-order chi connectivity index (χ1) is 28.7. The van der Waals surface area contributed by atoms with Crippen molar-refractivity contribution in [2.75, 3.05) is 4.90 Å². The van der Waals surface area contributed by atoms with Crippen molar-refractivity contribution in [3.8, 4) is 22.3 Å². The molecule has 0 unspecified atom stereocenters. The van der Waals surface area contributed by atoms with Gasteiger partial charge < -0.3 is 4.90 Å². The van der Waals surface area contributed by atoms with Gasteiger partial charge in [0.05, 0.1) is 11.1 Å². The number of hydrogen-bond donors (Lipinski definition) is 0. The molecule has 0 aliphatic heterocycles. The van der Waals surface area contributed by atoms with Crippen LogP contribution in [0.5, 0.6) is 0 Å². The molecule has 0 atom stereocenters. The fourth-order valence-electron chi connectivity index (χ4n) is 10.7. The molecule has 8 aromatic carbocycles. The second-order valence-corrected chi connectivity index (χ2v) is 19.9. The highest BCUT2D eigenvalue weighted by Crippen LogP contribution is 2.63. The Morgan fingerprint density at radius 1 is 0.433 bits per heavy atom. The van der Waals surface area contributed by atoms with E-state index in [9.17, 15) is 0 Å². The Bertz CT molecular complexity index is 2840. The minimum absolute atomic E-state index is 0.0428. The molecule has 10 rings (SSSR count). The number of rotatable bonds is 5. The molecule has 60 heavy (non-hydrogen) atoms. The van der Waals surface area contributed by atoms with Crippen LogP contribution in [0.1, 0.15) is 105 Å². The number of hydrogen-bond acceptors (Lipinski definition) is 1. The van der Waals surface area contributed by atoms with Crippen LogP contribution in [-0.4, -0.2) is 0 Å². The van der Waals surface area contributed by atoms with Gasteiger partial charge in [-0.25, -0.2) is 0 Å². The number of anilines is 3. The summed E-state index contributed by atoms with van der Waals surface area (Å²) in [5, 5.41) is 2.60. The molecule has 0 heterocycles. The van der Waals surface area contributed by atoms with Crippen LogP contribution >= 0.6 is 0 Å². The van der Waals surface area contributed by atoms with Gasteiger partial charge in [-0.05, 0) is 120 Å². The van der Waals surface area contributed by atoms with Crippen molar-refractivity contribution in [2.24, 2.45) is 0 Å². The molecule has 0 spiro atoms. The summed E-state index contributed by atoms with van der Waals surface area (Å²) >= 11 is 0. The Morgan fingerprint density at radius 3 is 1.47 bits per heavy atom. The van der Waals surface area contributed by atoms with Crippen molar-refractivity contribution in [3.05, 3.63) is 220 Å². The normalized spacial score (nSPS) is 14.7. The highest BCUT2D eigenvalue weighted by molar-refractivity contribution is 6.11. The zero-order chi connectivity index (χ0) is 41.8. The average molecular weight is 778 g/mol. The van der Waals surface area contributed by atoms with Gasteiger partial charge in [0.15, 0.2) is 0 Å². The van der Waals surface area contributed by atoms with Crippen molar-refractivity contribution in [2.45, 2.75) is 84.0 Å². The summed E-state index contributed by atoms with van der Waals surface area (Å²) in [6.07, 6.45) is 0. The van der Waals surface area contributed by atoms with Gasteiger partial charge in [0, 0.05) is 22.2 Å². The average Bonchev–Trinajstić information content (AvgIpc) is 3.53. The summed E-state index contributed by atoms with van der Waals surface area (Å²) in [6.45, 7) is 21.1. The van der Waals surface area contributed by atoms with Gasteiger partial charge >= 0.3 is 0 Å². The lowest BCUT2D eigenvalue weighted by atomic mass is 9.59. The van der Waals surface area contributed by atoms with Gasteiger partial charge in [0.1, 0.15) is 0 Å². The molecule has 2 aliphatic rings. The lowest BCUT2D eigenvalue weighted by Gasteiger charge is -2.43. The molecule has 1 nitrogen and oxygen atoms in total. The fraction of sp³-hybridized carbons (Fsp3) is 0.220. The second-order valence-electron chi connectivity index (χ2n) is 19.9. The van der Waals surface area contributed by atoms with Crippen LogP contribution in [-0.2, 0) is 21.7 Å². The Labute approximate surface area is 357 Å². The summed E-state index contributed by atoms with van der Waals surface area (Å²) in [5.74, 6) is 0. The molecule has 0 aromatic heterocycles. The minimum Gasteiger partial charge on any atom is -0.310 e. The summed E-state index contributed by atoms with van der Waals surface area (Å²) in [6, 6.07) is 64.8. The van der Waals surface area contributed by atoms with Gasteiger partial charge in [-0.1, -0.05) is 200 Å². The van der Waals surface area contributed by atoms with E-state index < -0.39 is 5.41 Å². The minimum atomic E-state index is -0.547. The predicted molar refractivity (Wildman–Crippen MR) is 256 cm³/mol. The van der Waals surface area contributed by atoms with E-state index in [1.807, 2.05) is 0 Å². The summed E-state index contributed by atoms with van der Waals surface area (Å²) in [4.78, 5) is 2.42. The van der Waals surface area contributed by atoms with E-state index >= 15 is 0 Å². The van der Waals surface area contributed by atoms with Crippen LogP contribution in [0.2, 0.25) is 0 Å². The standard InChI is InChI=1S/C59H55N/c1-38-23-32-45-47-33-34-48-46-35-36-52(60(43-17-12-10-13-18-43)44-19-14-11-15-20-44)49-21-16-22-50(53(46)49)58(8,9)54(48)55(47)59(51(45)37-38,41-28-24-39(25-29-41)56(2,3)4)42-30-26-40(27-31-42)57(5,6)7/h10-37H,1-9H3. The van der Waals surface area contributed by atoms with E-state index in [1.54, 1.807) is 0 Å². The molecule has 0 N–H and O–H groups in total. The largest absolute Gasteiger partial charge is 0.310 e. The van der Waals surface area contributed by atoms with E-state index in [0.717, 1.165) is 11.4 Å². The van der Waals surface area contributed by atoms with Crippen LogP contribution in [0, 0.1) is 6.92 Å². The first-order valence-electron chi connectivity index (χ1n) is 21.7. The Hall–Kier alpha value is -6.18. The summed E-state index contributed by atoms with van der Waals surface area (Å²) < 4.78 is 0. The number of nitrogens with zero attached hydrogens (tertiary/aromatic N) is 1. The number of fused-ring (bicyclic) bond motifs is 6. The first-order valence-corrected chi connectivity index (χ1v) is 21.7. The van der Waals surface area contributed by atoms with Gasteiger partial charge in [-0.3, -0.25) is 0 Å². The SMILES string of the molecule is Cc1ccc2c(c1)C(c1ccc(C(C)(C)C)cc1)(c1ccc(C(C)(C)C)cc1)c1c-2ccc2c1C(C)(C)c1cccc3c(N(c4ccccc4)c4ccccc4)ccc-2c13. The lowest BCUT2D eigenvalue weighted by Crippen LogP contribution is -2.35. The van der Waals surface area contributed by atoms with Crippen LogP contribution in [0.15, 0.2) is 170 Å². The molecule has 8 aromatic rings. The quantitative estimate of drug-likeness (QED) is 0.168. The smallest absolute Gasteiger partial charge is 0.0716 e. The highest BCUT2D eigenvalue weighted by atomic mass is 15.1. The molecule has 2 aliphatic carbocycles.